The van der Waals surface area contributed by atoms with Crippen LogP contribution in [0.5, 0.6) is 11.5 Å². The number of aryl methyl sites for hydroxylation is 1. The van der Waals surface area contributed by atoms with Crippen LogP contribution in [0.15, 0.2) is 66.2 Å². The molecule has 0 aliphatic carbocycles. The van der Waals surface area contributed by atoms with E-state index in [9.17, 15) is 9.59 Å². The van der Waals surface area contributed by atoms with E-state index in [1.807, 2.05) is 60.8 Å². The zero-order chi connectivity index (χ0) is 25.2. The molecular weight excluding hydrogens is 476 g/mol. The number of carbonyl (C=O) groups is 2. The van der Waals surface area contributed by atoms with E-state index in [4.69, 9.17) is 14.5 Å². The number of methoxy groups -OCH3 is 1. The standard InChI is InChI=1S/C27H24N4O4S/c1-16-7-9-23(34-3)20(12-16)29-25(32)14-31-22-13-18(8-10-24(22)35-17(2)27(31)33)21-15-36-26(30-21)19-6-4-5-11-28-19/h4-13,15,17H,14H2,1-3H3,(H,29,32). The minimum absolute atomic E-state index is 0.170. The Morgan fingerprint density at radius 1 is 1.17 bits per heavy atom. The molecule has 2 aromatic heterocycles. The summed E-state index contributed by atoms with van der Waals surface area (Å²) in [4.78, 5) is 36.6. The van der Waals surface area contributed by atoms with Crippen molar-refractivity contribution in [2.24, 2.45) is 0 Å². The number of pyridine rings is 1. The van der Waals surface area contributed by atoms with Gasteiger partial charge < -0.3 is 14.8 Å². The molecule has 1 unspecified atom stereocenters. The molecule has 36 heavy (non-hydrogen) atoms. The number of ether oxygens (including phenoxy) is 2. The number of thiazole rings is 1. The number of hydrogen-bond donors (Lipinski definition) is 1. The van der Waals surface area contributed by atoms with Crippen LogP contribution in [0.25, 0.3) is 22.0 Å². The number of nitrogens with one attached hydrogen (secondary N) is 1. The third-order valence-electron chi connectivity index (χ3n) is 5.78. The Balaban J connectivity index is 1.43. The van der Waals surface area contributed by atoms with Crippen LogP contribution in [-0.2, 0) is 9.59 Å². The van der Waals surface area contributed by atoms with Crippen LogP contribution < -0.4 is 19.7 Å². The molecule has 2 amide bonds. The number of benzene rings is 2. The van der Waals surface area contributed by atoms with Gasteiger partial charge in [0.15, 0.2) is 6.10 Å². The zero-order valence-corrected chi connectivity index (χ0v) is 20.8. The maximum absolute atomic E-state index is 13.1. The summed E-state index contributed by atoms with van der Waals surface area (Å²) in [6, 6.07) is 16.7. The summed E-state index contributed by atoms with van der Waals surface area (Å²) in [5.41, 5.74) is 4.41. The molecule has 0 saturated heterocycles. The number of hydrogen-bond acceptors (Lipinski definition) is 7. The lowest BCUT2D eigenvalue weighted by atomic mass is 10.1. The summed E-state index contributed by atoms with van der Waals surface area (Å²) in [5.74, 6) is 0.444. The Kier molecular flexibility index (Phi) is 6.39. The van der Waals surface area contributed by atoms with E-state index >= 15 is 0 Å². The summed E-state index contributed by atoms with van der Waals surface area (Å²) in [5, 5.41) is 5.61. The minimum atomic E-state index is -0.709. The lowest BCUT2D eigenvalue weighted by Gasteiger charge is -2.33. The first kappa shape index (κ1) is 23.5. The van der Waals surface area contributed by atoms with Crippen LogP contribution in [-0.4, -0.2) is 41.5 Å². The summed E-state index contributed by atoms with van der Waals surface area (Å²) in [6.07, 6.45) is 1.02. The van der Waals surface area contributed by atoms with Gasteiger partial charge in [-0.3, -0.25) is 19.5 Å². The van der Waals surface area contributed by atoms with Gasteiger partial charge in [-0.15, -0.1) is 11.3 Å². The van der Waals surface area contributed by atoms with Crippen molar-refractivity contribution in [3.8, 4) is 33.5 Å². The highest BCUT2D eigenvalue weighted by Gasteiger charge is 2.33. The molecule has 0 saturated carbocycles. The number of nitrogens with zero attached hydrogens (tertiary/aromatic N) is 3. The molecule has 3 heterocycles. The average molecular weight is 501 g/mol. The zero-order valence-electron chi connectivity index (χ0n) is 20.0. The first-order valence-corrected chi connectivity index (χ1v) is 12.2. The van der Waals surface area contributed by atoms with Crippen LogP contribution in [0.3, 0.4) is 0 Å². The second-order valence-electron chi connectivity index (χ2n) is 8.37. The van der Waals surface area contributed by atoms with Gasteiger partial charge in [-0.25, -0.2) is 4.98 Å². The van der Waals surface area contributed by atoms with E-state index < -0.39 is 6.10 Å². The fourth-order valence-corrected chi connectivity index (χ4v) is 4.80. The first-order chi connectivity index (χ1) is 17.4. The van der Waals surface area contributed by atoms with Crippen molar-refractivity contribution in [1.82, 2.24) is 9.97 Å². The van der Waals surface area contributed by atoms with Crippen molar-refractivity contribution in [1.29, 1.82) is 0 Å². The predicted molar refractivity (Wildman–Crippen MR) is 140 cm³/mol. The Morgan fingerprint density at radius 2 is 2.03 bits per heavy atom. The number of aromatic nitrogens is 2. The smallest absolute Gasteiger partial charge is 0.268 e. The van der Waals surface area contributed by atoms with E-state index in [1.165, 1.54) is 16.2 Å². The minimum Gasteiger partial charge on any atom is -0.495 e. The van der Waals surface area contributed by atoms with Crippen LogP contribution in [0.1, 0.15) is 12.5 Å². The van der Waals surface area contributed by atoms with Crippen molar-refractivity contribution >= 4 is 34.5 Å². The molecule has 1 aliphatic rings. The third-order valence-corrected chi connectivity index (χ3v) is 6.65. The quantitative estimate of drug-likeness (QED) is 0.403. The molecule has 182 valence electrons. The van der Waals surface area contributed by atoms with Gasteiger partial charge in [-0.1, -0.05) is 12.1 Å². The third kappa shape index (κ3) is 4.65. The Hall–Kier alpha value is -4.24. The maximum atomic E-state index is 13.1. The molecule has 2 aromatic carbocycles. The highest BCUT2D eigenvalue weighted by atomic mass is 32.1. The normalized spacial score (nSPS) is 14.7. The topological polar surface area (TPSA) is 93.7 Å². The highest BCUT2D eigenvalue weighted by Crippen LogP contribution is 2.38. The molecule has 0 bridgehead atoms. The van der Waals surface area contributed by atoms with E-state index in [-0.39, 0.29) is 18.4 Å². The van der Waals surface area contributed by atoms with Crippen LogP contribution in [0.2, 0.25) is 0 Å². The van der Waals surface area contributed by atoms with Crippen molar-refractivity contribution in [2.45, 2.75) is 20.0 Å². The number of anilines is 2. The first-order valence-electron chi connectivity index (χ1n) is 11.4. The van der Waals surface area contributed by atoms with Gasteiger partial charge in [0.1, 0.15) is 23.1 Å². The van der Waals surface area contributed by atoms with Crippen molar-refractivity contribution < 1.29 is 19.1 Å². The van der Waals surface area contributed by atoms with Crippen LogP contribution in [0, 0.1) is 6.92 Å². The average Bonchev–Trinajstić information content (AvgIpc) is 3.38. The van der Waals surface area contributed by atoms with Crippen LogP contribution in [0.4, 0.5) is 11.4 Å². The van der Waals surface area contributed by atoms with E-state index in [2.05, 4.69) is 10.3 Å². The Bertz CT molecular complexity index is 1440. The molecule has 4 aromatic rings. The maximum Gasteiger partial charge on any atom is 0.268 e. The number of rotatable bonds is 6. The monoisotopic (exact) mass is 500 g/mol. The van der Waals surface area contributed by atoms with E-state index in [0.717, 1.165) is 27.5 Å². The Labute approximate surface area is 212 Å². The van der Waals surface area contributed by atoms with Gasteiger partial charge in [-0.2, -0.15) is 0 Å². The molecule has 8 nitrogen and oxygen atoms in total. The second kappa shape index (κ2) is 9.79. The lowest BCUT2D eigenvalue weighted by molar-refractivity contribution is -0.127. The van der Waals surface area contributed by atoms with Crippen molar-refractivity contribution in [3.05, 3.63) is 71.7 Å². The molecule has 1 N–H and O–H groups in total. The van der Waals surface area contributed by atoms with Crippen molar-refractivity contribution in [3.63, 3.8) is 0 Å². The van der Waals surface area contributed by atoms with Gasteiger partial charge in [-0.05, 0) is 61.9 Å². The molecule has 0 fully saturated rings. The molecule has 5 rings (SSSR count). The molecule has 9 heteroatoms. The van der Waals surface area contributed by atoms with Gasteiger partial charge >= 0.3 is 0 Å². The molecule has 1 aliphatic heterocycles. The summed E-state index contributed by atoms with van der Waals surface area (Å²) in [6.45, 7) is 3.43. The van der Waals surface area contributed by atoms with Crippen LogP contribution >= 0.6 is 11.3 Å². The predicted octanol–water partition coefficient (Wildman–Crippen LogP) is 4.94. The molecular formula is C27H24N4O4S. The van der Waals surface area contributed by atoms with Gasteiger partial charge in [0, 0.05) is 17.1 Å². The SMILES string of the molecule is COc1ccc(C)cc1NC(=O)CN1C(=O)C(C)Oc2ccc(-c3csc(-c4ccccn4)n3)cc21. The number of amides is 2. The summed E-state index contributed by atoms with van der Waals surface area (Å²) >= 11 is 1.49. The second-order valence-corrected chi connectivity index (χ2v) is 9.23. The Morgan fingerprint density at radius 3 is 2.81 bits per heavy atom. The summed E-state index contributed by atoms with van der Waals surface area (Å²) < 4.78 is 11.2. The molecule has 1 atom stereocenters. The van der Waals surface area contributed by atoms with Gasteiger partial charge in [0.25, 0.3) is 5.91 Å². The summed E-state index contributed by atoms with van der Waals surface area (Å²) in [7, 11) is 1.54. The van der Waals surface area contributed by atoms with Gasteiger partial charge in [0.05, 0.1) is 29.9 Å². The fraction of sp³-hybridized carbons (Fsp3) is 0.185. The largest absolute Gasteiger partial charge is 0.495 e. The van der Waals surface area contributed by atoms with E-state index in [1.54, 1.807) is 26.3 Å². The van der Waals surface area contributed by atoms with Gasteiger partial charge in [0.2, 0.25) is 5.91 Å². The highest BCUT2D eigenvalue weighted by molar-refractivity contribution is 7.13. The lowest BCUT2D eigenvalue weighted by Crippen LogP contribution is -2.47. The molecule has 0 radical (unpaired) electrons. The van der Waals surface area contributed by atoms with Crippen molar-refractivity contribution in [2.75, 3.05) is 23.9 Å². The molecule has 0 spiro atoms. The number of carbonyl (C=O) groups excluding carboxylic acids is 2. The number of fused-ring (bicyclic) bond motifs is 1. The van der Waals surface area contributed by atoms with E-state index in [0.29, 0.717) is 22.9 Å². The fourth-order valence-electron chi connectivity index (χ4n) is 4.00.